The first-order valence-electron chi connectivity index (χ1n) is 6.77. The number of rotatable bonds is 3. The zero-order valence-electron chi connectivity index (χ0n) is 11.6. The van der Waals surface area contributed by atoms with E-state index in [1.807, 2.05) is 36.4 Å². The molecule has 0 saturated carbocycles. The van der Waals surface area contributed by atoms with Crippen molar-refractivity contribution in [3.63, 3.8) is 0 Å². The summed E-state index contributed by atoms with van der Waals surface area (Å²) in [5, 5.41) is 0.800. The van der Waals surface area contributed by atoms with Gasteiger partial charge in [-0.25, -0.2) is 9.78 Å². The Balaban J connectivity index is 2.22. The van der Waals surface area contributed by atoms with Crippen LogP contribution in [0.5, 0.6) is 0 Å². The molecule has 0 aliphatic rings. The molecule has 4 nitrogen and oxygen atoms in total. The van der Waals surface area contributed by atoms with Gasteiger partial charge in [-0.05, 0) is 31.2 Å². The molecule has 0 radical (unpaired) electrons. The molecule has 0 N–H and O–H groups in total. The quantitative estimate of drug-likeness (QED) is 0.688. The first kappa shape index (κ1) is 13.2. The highest BCUT2D eigenvalue weighted by molar-refractivity contribution is 6.04. The van der Waals surface area contributed by atoms with Crippen LogP contribution in [-0.2, 0) is 4.74 Å². The molecule has 0 unspecified atom stereocenters. The van der Waals surface area contributed by atoms with E-state index in [2.05, 4.69) is 9.97 Å². The molecule has 1 aromatic carbocycles. The third-order valence-corrected chi connectivity index (χ3v) is 3.19. The van der Waals surface area contributed by atoms with Crippen LogP contribution >= 0.6 is 0 Å². The van der Waals surface area contributed by atoms with Crippen molar-refractivity contribution in [3.8, 4) is 11.3 Å². The smallest absolute Gasteiger partial charge is 0.338 e. The van der Waals surface area contributed by atoms with Gasteiger partial charge in [-0.3, -0.25) is 4.98 Å². The number of carbonyl (C=O) groups is 1. The van der Waals surface area contributed by atoms with Crippen molar-refractivity contribution in [1.29, 1.82) is 0 Å². The zero-order chi connectivity index (χ0) is 14.7. The van der Waals surface area contributed by atoms with Crippen LogP contribution < -0.4 is 0 Å². The Kier molecular flexibility index (Phi) is 3.60. The number of esters is 1. The fraction of sp³-hybridized carbons (Fsp3) is 0.118. The van der Waals surface area contributed by atoms with Gasteiger partial charge in [-0.15, -0.1) is 0 Å². The molecule has 0 saturated heterocycles. The summed E-state index contributed by atoms with van der Waals surface area (Å²) in [6.45, 7) is 2.14. The monoisotopic (exact) mass is 278 g/mol. The minimum atomic E-state index is -0.327. The molecule has 0 amide bonds. The van der Waals surface area contributed by atoms with Gasteiger partial charge in [0.2, 0.25) is 0 Å². The third kappa shape index (κ3) is 2.60. The third-order valence-electron chi connectivity index (χ3n) is 3.19. The normalized spacial score (nSPS) is 10.5. The average molecular weight is 278 g/mol. The largest absolute Gasteiger partial charge is 0.462 e. The minimum Gasteiger partial charge on any atom is -0.462 e. The second kappa shape index (κ2) is 5.71. The Hall–Kier alpha value is -2.75. The molecule has 3 aromatic rings. The molecule has 0 fully saturated rings. The number of ether oxygens (including phenoxy) is 1. The van der Waals surface area contributed by atoms with Crippen LogP contribution in [0.15, 0.2) is 54.9 Å². The van der Waals surface area contributed by atoms with E-state index in [1.54, 1.807) is 25.4 Å². The molecule has 3 rings (SSSR count). The summed E-state index contributed by atoms with van der Waals surface area (Å²) in [4.78, 5) is 20.8. The maximum Gasteiger partial charge on any atom is 0.338 e. The molecule has 21 heavy (non-hydrogen) atoms. The Morgan fingerprint density at radius 1 is 1.14 bits per heavy atom. The minimum absolute atomic E-state index is 0.327. The highest BCUT2D eigenvalue weighted by Gasteiger charge is 2.14. The van der Waals surface area contributed by atoms with Crippen LogP contribution in [0.2, 0.25) is 0 Å². The molecule has 0 atom stereocenters. The number of carbonyl (C=O) groups excluding carboxylic acids is 1. The maximum absolute atomic E-state index is 12.2. The van der Waals surface area contributed by atoms with Crippen molar-refractivity contribution in [2.24, 2.45) is 0 Å². The summed E-state index contributed by atoms with van der Waals surface area (Å²) in [6, 6.07) is 13.1. The fourth-order valence-electron chi connectivity index (χ4n) is 2.22. The average Bonchev–Trinajstić information content (AvgIpc) is 2.55. The van der Waals surface area contributed by atoms with Gasteiger partial charge in [0.25, 0.3) is 0 Å². The van der Waals surface area contributed by atoms with E-state index in [1.165, 1.54) is 0 Å². The first-order valence-corrected chi connectivity index (χ1v) is 6.77. The van der Waals surface area contributed by atoms with E-state index >= 15 is 0 Å². The van der Waals surface area contributed by atoms with E-state index in [0.29, 0.717) is 12.2 Å². The second-order valence-corrected chi connectivity index (χ2v) is 4.53. The molecule has 0 aliphatic carbocycles. The predicted octanol–water partition coefficient (Wildman–Crippen LogP) is 3.47. The van der Waals surface area contributed by atoms with Crippen molar-refractivity contribution >= 4 is 16.9 Å². The van der Waals surface area contributed by atoms with Crippen molar-refractivity contribution in [1.82, 2.24) is 9.97 Å². The lowest BCUT2D eigenvalue weighted by atomic mass is 10.0. The standard InChI is InChI=1S/C17H14N2O2/c1-2-21-17(20)14-11-16(12-7-9-18-10-8-12)19-15-6-4-3-5-13(14)15/h3-11H,2H2,1H3. The fourth-order valence-corrected chi connectivity index (χ4v) is 2.22. The Morgan fingerprint density at radius 2 is 1.90 bits per heavy atom. The first-order chi connectivity index (χ1) is 10.3. The highest BCUT2D eigenvalue weighted by atomic mass is 16.5. The maximum atomic E-state index is 12.2. The van der Waals surface area contributed by atoms with Crippen molar-refractivity contribution in [2.75, 3.05) is 6.61 Å². The molecule has 0 bridgehead atoms. The number of pyridine rings is 2. The van der Waals surface area contributed by atoms with Gasteiger partial charge in [-0.2, -0.15) is 0 Å². The lowest BCUT2D eigenvalue weighted by Gasteiger charge is -2.09. The number of hydrogen-bond donors (Lipinski definition) is 0. The van der Waals surface area contributed by atoms with Gasteiger partial charge in [0.05, 0.1) is 23.4 Å². The van der Waals surface area contributed by atoms with Crippen LogP contribution in [0.25, 0.3) is 22.2 Å². The number of nitrogens with zero attached hydrogens (tertiary/aromatic N) is 2. The van der Waals surface area contributed by atoms with Crippen LogP contribution in [0, 0.1) is 0 Å². The van der Waals surface area contributed by atoms with Crippen LogP contribution in [0.4, 0.5) is 0 Å². The highest BCUT2D eigenvalue weighted by Crippen LogP contribution is 2.25. The van der Waals surface area contributed by atoms with Crippen LogP contribution in [-0.4, -0.2) is 22.5 Å². The molecule has 104 valence electrons. The molecule has 2 heterocycles. The van der Waals surface area contributed by atoms with Crippen LogP contribution in [0.1, 0.15) is 17.3 Å². The summed E-state index contributed by atoms with van der Waals surface area (Å²) in [7, 11) is 0. The van der Waals surface area contributed by atoms with Crippen molar-refractivity contribution < 1.29 is 9.53 Å². The molecular weight excluding hydrogens is 264 g/mol. The zero-order valence-corrected chi connectivity index (χ0v) is 11.6. The number of hydrogen-bond acceptors (Lipinski definition) is 4. The molecule has 2 aromatic heterocycles. The Morgan fingerprint density at radius 3 is 2.67 bits per heavy atom. The van der Waals surface area contributed by atoms with Crippen molar-refractivity contribution in [2.45, 2.75) is 6.92 Å². The molecule has 0 aliphatic heterocycles. The summed E-state index contributed by atoms with van der Waals surface area (Å²) in [6.07, 6.45) is 3.41. The van der Waals surface area contributed by atoms with E-state index in [4.69, 9.17) is 4.74 Å². The van der Waals surface area contributed by atoms with Gasteiger partial charge >= 0.3 is 5.97 Å². The topological polar surface area (TPSA) is 52.1 Å². The van der Waals surface area contributed by atoms with Gasteiger partial charge in [0.15, 0.2) is 0 Å². The van der Waals surface area contributed by atoms with Gasteiger partial charge in [0.1, 0.15) is 0 Å². The van der Waals surface area contributed by atoms with E-state index in [9.17, 15) is 4.79 Å². The van der Waals surface area contributed by atoms with E-state index < -0.39 is 0 Å². The lowest BCUT2D eigenvalue weighted by molar-refractivity contribution is 0.0528. The predicted molar refractivity (Wildman–Crippen MR) is 80.9 cm³/mol. The summed E-state index contributed by atoms with van der Waals surface area (Å²) >= 11 is 0. The second-order valence-electron chi connectivity index (χ2n) is 4.53. The summed E-state index contributed by atoms with van der Waals surface area (Å²) < 4.78 is 5.15. The summed E-state index contributed by atoms with van der Waals surface area (Å²) in [5.41, 5.74) is 2.96. The van der Waals surface area contributed by atoms with E-state index in [-0.39, 0.29) is 5.97 Å². The lowest BCUT2D eigenvalue weighted by Crippen LogP contribution is -2.06. The van der Waals surface area contributed by atoms with Gasteiger partial charge in [-0.1, -0.05) is 18.2 Å². The SMILES string of the molecule is CCOC(=O)c1cc(-c2ccncc2)nc2ccccc12. The Labute approximate surface area is 122 Å². The number of para-hydroxylation sites is 1. The Bertz CT molecular complexity index is 785. The van der Waals surface area contributed by atoms with E-state index in [0.717, 1.165) is 22.2 Å². The van der Waals surface area contributed by atoms with Gasteiger partial charge < -0.3 is 4.74 Å². The molecule has 0 spiro atoms. The number of aromatic nitrogens is 2. The summed E-state index contributed by atoms with van der Waals surface area (Å²) in [5.74, 6) is -0.327. The molecule has 4 heteroatoms. The van der Waals surface area contributed by atoms with Gasteiger partial charge in [0, 0.05) is 23.3 Å². The molecular formula is C17H14N2O2. The van der Waals surface area contributed by atoms with Crippen LogP contribution in [0.3, 0.4) is 0 Å². The van der Waals surface area contributed by atoms with Crippen molar-refractivity contribution in [3.05, 3.63) is 60.4 Å². The number of benzene rings is 1. The number of fused-ring (bicyclic) bond motifs is 1.